The summed E-state index contributed by atoms with van der Waals surface area (Å²) in [5.41, 5.74) is 2.55. The molecule has 0 aliphatic carbocycles. The summed E-state index contributed by atoms with van der Waals surface area (Å²) in [5, 5.41) is 7.42. The second kappa shape index (κ2) is 9.15. The van der Waals surface area contributed by atoms with Crippen molar-refractivity contribution < 1.29 is 14.3 Å². The summed E-state index contributed by atoms with van der Waals surface area (Å²) in [6.07, 6.45) is 2.83. The minimum Gasteiger partial charge on any atom is -0.497 e. The number of anilines is 1. The molecule has 0 aliphatic rings. The van der Waals surface area contributed by atoms with Gasteiger partial charge in [0.15, 0.2) is 5.65 Å². The van der Waals surface area contributed by atoms with Crippen LogP contribution in [0, 0.1) is 0 Å². The van der Waals surface area contributed by atoms with Crippen LogP contribution in [0.3, 0.4) is 0 Å². The van der Waals surface area contributed by atoms with E-state index in [1.54, 1.807) is 22.9 Å². The van der Waals surface area contributed by atoms with Crippen molar-refractivity contribution in [2.75, 3.05) is 19.5 Å². The minimum atomic E-state index is -0.401. The molecule has 0 bridgehead atoms. The molecule has 9 nitrogen and oxygen atoms in total. The fourth-order valence-corrected chi connectivity index (χ4v) is 3.51. The molecule has 0 saturated carbocycles. The molecule has 1 amide bonds. The van der Waals surface area contributed by atoms with Gasteiger partial charge in [-0.05, 0) is 35.7 Å². The van der Waals surface area contributed by atoms with Crippen LogP contribution in [0.5, 0.6) is 11.5 Å². The molecule has 33 heavy (non-hydrogen) atoms. The Labute approximate surface area is 190 Å². The number of ether oxygens (including phenoxy) is 2. The lowest BCUT2D eigenvalue weighted by Gasteiger charge is -2.12. The first kappa shape index (κ1) is 22.1. The molecular weight excluding hydrogens is 422 g/mol. The van der Waals surface area contributed by atoms with E-state index in [4.69, 9.17) is 9.47 Å². The highest BCUT2D eigenvalue weighted by Gasteiger charge is 2.15. The van der Waals surface area contributed by atoms with Gasteiger partial charge < -0.3 is 14.8 Å². The lowest BCUT2D eigenvalue weighted by molar-refractivity contribution is -0.116. The fourth-order valence-electron chi connectivity index (χ4n) is 3.51. The fraction of sp³-hybridized carbons (Fsp3) is 0.250. The van der Waals surface area contributed by atoms with Gasteiger partial charge in [0.05, 0.1) is 31.8 Å². The van der Waals surface area contributed by atoms with Crippen molar-refractivity contribution >= 4 is 22.6 Å². The summed E-state index contributed by atoms with van der Waals surface area (Å²) >= 11 is 0. The van der Waals surface area contributed by atoms with Crippen molar-refractivity contribution in [2.24, 2.45) is 0 Å². The molecule has 9 heteroatoms. The van der Waals surface area contributed by atoms with Crippen LogP contribution in [0.15, 0.2) is 59.8 Å². The van der Waals surface area contributed by atoms with Gasteiger partial charge in [0.1, 0.15) is 29.8 Å². The Balaban J connectivity index is 1.58. The third kappa shape index (κ3) is 4.43. The lowest BCUT2D eigenvalue weighted by Crippen LogP contribution is -2.28. The van der Waals surface area contributed by atoms with E-state index in [9.17, 15) is 9.59 Å². The SMILES string of the molecule is COc1ccc(OC)c(NC(=O)Cn2cnc3c(cnn3-c3ccc(C(C)C)cc3)c2=O)c1. The summed E-state index contributed by atoms with van der Waals surface area (Å²) in [7, 11) is 3.04. The number of methoxy groups -OCH3 is 2. The number of amides is 1. The van der Waals surface area contributed by atoms with E-state index < -0.39 is 5.91 Å². The van der Waals surface area contributed by atoms with Crippen LogP contribution in [-0.2, 0) is 11.3 Å². The van der Waals surface area contributed by atoms with Crippen LogP contribution in [0.4, 0.5) is 5.69 Å². The van der Waals surface area contributed by atoms with Crippen LogP contribution in [0.1, 0.15) is 25.3 Å². The minimum absolute atomic E-state index is 0.212. The number of hydrogen-bond acceptors (Lipinski definition) is 6. The average Bonchev–Trinajstić information content (AvgIpc) is 3.25. The first-order valence-electron chi connectivity index (χ1n) is 10.5. The third-order valence-electron chi connectivity index (χ3n) is 5.35. The Bertz CT molecular complexity index is 1360. The summed E-state index contributed by atoms with van der Waals surface area (Å²) in [4.78, 5) is 30.0. The van der Waals surface area contributed by atoms with Crippen molar-refractivity contribution in [2.45, 2.75) is 26.3 Å². The van der Waals surface area contributed by atoms with Gasteiger partial charge in [-0.25, -0.2) is 9.67 Å². The summed E-state index contributed by atoms with van der Waals surface area (Å²) in [6, 6.07) is 13.0. The Kier molecular flexibility index (Phi) is 6.12. The highest BCUT2D eigenvalue weighted by Crippen LogP contribution is 2.28. The van der Waals surface area contributed by atoms with Gasteiger partial charge in [-0.3, -0.25) is 14.2 Å². The molecule has 0 aliphatic heterocycles. The maximum absolute atomic E-state index is 13.0. The third-order valence-corrected chi connectivity index (χ3v) is 5.35. The van der Waals surface area contributed by atoms with Crippen LogP contribution < -0.4 is 20.3 Å². The molecule has 170 valence electrons. The number of carbonyl (C=O) groups excluding carboxylic acids is 1. The largest absolute Gasteiger partial charge is 0.497 e. The number of carbonyl (C=O) groups is 1. The standard InChI is InChI=1S/C24H25N5O4/c1-15(2)16-5-7-17(8-6-16)29-23-19(12-26-29)24(31)28(14-25-23)13-22(30)27-20-11-18(32-3)9-10-21(20)33-4/h5-12,14-15H,13H2,1-4H3,(H,27,30). The highest BCUT2D eigenvalue weighted by molar-refractivity contribution is 5.92. The van der Waals surface area contributed by atoms with Crippen molar-refractivity contribution in [1.29, 1.82) is 0 Å². The van der Waals surface area contributed by atoms with Crippen LogP contribution in [0.25, 0.3) is 16.7 Å². The highest BCUT2D eigenvalue weighted by atomic mass is 16.5. The van der Waals surface area contributed by atoms with Crippen molar-refractivity contribution in [3.8, 4) is 17.2 Å². The maximum Gasteiger partial charge on any atom is 0.264 e. The first-order chi connectivity index (χ1) is 15.9. The van der Waals surface area contributed by atoms with Crippen LogP contribution in [-0.4, -0.2) is 39.5 Å². The van der Waals surface area contributed by atoms with Crippen molar-refractivity contribution in [3.63, 3.8) is 0 Å². The maximum atomic E-state index is 13.0. The van der Waals surface area contributed by atoms with Crippen molar-refractivity contribution in [3.05, 3.63) is 70.9 Å². The summed E-state index contributed by atoms with van der Waals surface area (Å²) in [5.74, 6) is 1.07. The lowest BCUT2D eigenvalue weighted by atomic mass is 10.0. The zero-order valence-electron chi connectivity index (χ0n) is 18.9. The van der Waals surface area contributed by atoms with E-state index in [0.29, 0.717) is 34.1 Å². The quantitative estimate of drug-likeness (QED) is 0.466. The number of fused-ring (bicyclic) bond motifs is 1. The normalized spacial score (nSPS) is 11.1. The van der Waals surface area contributed by atoms with Crippen LogP contribution in [0.2, 0.25) is 0 Å². The van der Waals surface area contributed by atoms with Crippen molar-refractivity contribution in [1.82, 2.24) is 19.3 Å². The smallest absolute Gasteiger partial charge is 0.264 e. The van der Waals surface area contributed by atoms with E-state index in [2.05, 4.69) is 29.2 Å². The summed E-state index contributed by atoms with van der Waals surface area (Å²) < 4.78 is 13.3. The van der Waals surface area contributed by atoms with Crippen LogP contribution >= 0.6 is 0 Å². The molecule has 0 saturated heterocycles. The molecule has 0 unspecified atom stereocenters. The van der Waals surface area contributed by atoms with Gasteiger partial charge in [0.2, 0.25) is 5.91 Å². The predicted molar refractivity (Wildman–Crippen MR) is 125 cm³/mol. The molecule has 0 fully saturated rings. The predicted octanol–water partition coefficient (Wildman–Crippen LogP) is 3.36. The topological polar surface area (TPSA) is 100 Å². The first-order valence-corrected chi connectivity index (χ1v) is 10.5. The number of nitrogens with one attached hydrogen (secondary N) is 1. The molecular formula is C24H25N5O4. The number of rotatable bonds is 7. The average molecular weight is 447 g/mol. The van der Waals surface area contributed by atoms with Gasteiger partial charge in [0.25, 0.3) is 5.56 Å². The second-order valence-corrected chi connectivity index (χ2v) is 7.83. The van der Waals surface area contributed by atoms with E-state index in [1.165, 1.54) is 36.9 Å². The Morgan fingerprint density at radius 3 is 2.52 bits per heavy atom. The zero-order valence-corrected chi connectivity index (χ0v) is 18.9. The van der Waals surface area contributed by atoms with Gasteiger partial charge in [-0.1, -0.05) is 26.0 Å². The monoisotopic (exact) mass is 447 g/mol. The molecule has 2 heterocycles. The Morgan fingerprint density at radius 2 is 1.85 bits per heavy atom. The second-order valence-electron chi connectivity index (χ2n) is 7.83. The number of aromatic nitrogens is 4. The molecule has 0 spiro atoms. The molecule has 4 aromatic rings. The van der Waals surface area contributed by atoms with Gasteiger partial charge >= 0.3 is 0 Å². The molecule has 2 aromatic heterocycles. The van der Waals surface area contributed by atoms with Gasteiger partial charge in [-0.15, -0.1) is 0 Å². The number of hydrogen-bond donors (Lipinski definition) is 1. The zero-order chi connectivity index (χ0) is 23.5. The molecule has 2 aromatic carbocycles. The van der Waals surface area contributed by atoms with Gasteiger partial charge in [0, 0.05) is 6.07 Å². The van der Waals surface area contributed by atoms with E-state index in [0.717, 1.165) is 5.69 Å². The van der Waals surface area contributed by atoms with Gasteiger partial charge in [-0.2, -0.15) is 5.10 Å². The number of benzene rings is 2. The summed E-state index contributed by atoms with van der Waals surface area (Å²) in [6.45, 7) is 4.04. The van der Waals surface area contributed by atoms with E-state index >= 15 is 0 Å². The molecule has 0 radical (unpaired) electrons. The van der Waals surface area contributed by atoms with E-state index in [-0.39, 0.29) is 12.1 Å². The van der Waals surface area contributed by atoms with E-state index in [1.807, 2.05) is 24.3 Å². The Morgan fingerprint density at radius 1 is 1.09 bits per heavy atom. The molecule has 0 atom stereocenters. The number of nitrogens with zero attached hydrogens (tertiary/aromatic N) is 4. The Hall–Kier alpha value is -4.14. The molecule has 4 rings (SSSR count). The molecule has 1 N–H and O–H groups in total.